The molecule has 0 radical (unpaired) electrons. The minimum atomic E-state index is -3.62. The lowest BCUT2D eigenvalue weighted by molar-refractivity contribution is -0.0965. The Bertz CT molecular complexity index is 571. The fourth-order valence-corrected chi connectivity index (χ4v) is 3.86. The van der Waals surface area contributed by atoms with Gasteiger partial charge in [0.05, 0.1) is 18.1 Å². The molecule has 0 spiro atoms. The molecular weight excluding hydrogens is 269 g/mol. The Morgan fingerprint density at radius 2 is 1.84 bits per heavy atom. The number of rotatable bonds is 4. The van der Waals surface area contributed by atoms with Gasteiger partial charge >= 0.3 is 0 Å². The third-order valence-corrected chi connectivity index (χ3v) is 4.99. The highest BCUT2D eigenvalue weighted by atomic mass is 32.2. The molecule has 1 heterocycles. The summed E-state index contributed by atoms with van der Waals surface area (Å²) in [6, 6.07) is 2.46. The van der Waals surface area contributed by atoms with Gasteiger partial charge in [-0.25, -0.2) is 17.5 Å². The van der Waals surface area contributed by atoms with E-state index >= 15 is 0 Å². The average molecular weight is 287 g/mol. The second kappa shape index (κ2) is 4.85. The van der Waals surface area contributed by atoms with Crippen molar-refractivity contribution in [2.24, 2.45) is 5.41 Å². The molecule has 1 aliphatic rings. The molecule has 0 atom stereocenters. The van der Waals surface area contributed by atoms with Gasteiger partial charge in [0.25, 0.3) is 0 Å². The lowest BCUT2D eigenvalue weighted by Gasteiger charge is -2.38. The van der Waals surface area contributed by atoms with Crippen LogP contribution in [-0.2, 0) is 14.8 Å². The highest BCUT2D eigenvalue weighted by molar-refractivity contribution is 7.89. The normalized spacial score (nSPS) is 18.1. The number of nitrogens with one attached hydrogen (secondary N) is 1. The molecule has 0 saturated carbocycles. The molecule has 1 aromatic rings. The maximum atomic E-state index is 13.2. The van der Waals surface area contributed by atoms with Gasteiger partial charge in [0.1, 0.15) is 5.82 Å². The van der Waals surface area contributed by atoms with Crippen molar-refractivity contribution in [3.8, 4) is 0 Å². The Kier molecular flexibility index (Phi) is 3.68. The lowest BCUT2D eigenvalue weighted by Crippen LogP contribution is -2.48. The molecule has 4 nitrogen and oxygen atoms in total. The Morgan fingerprint density at radius 3 is 2.26 bits per heavy atom. The van der Waals surface area contributed by atoms with E-state index in [-0.39, 0.29) is 10.3 Å². The van der Waals surface area contributed by atoms with Gasteiger partial charge in [-0.05, 0) is 37.1 Å². The predicted molar refractivity (Wildman–Crippen MR) is 70.0 cm³/mol. The van der Waals surface area contributed by atoms with Crippen molar-refractivity contribution in [2.45, 2.75) is 25.7 Å². The van der Waals surface area contributed by atoms with E-state index in [1.54, 1.807) is 13.8 Å². The topological polar surface area (TPSA) is 55.4 Å². The van der Waals surface area contributed by atoms with E-state index < -0.39 is 15.8 Å². The fraction of sp³-hybridized carbons (Fsp3) is 0.538. The summed E-state index contributed by atoms with van der Waals surface area (Å²) in [6.07, 6.45) is 0. The van der Waals surface area contributed by atoms with Crippen molar-refractivity contribution in [3.05, 3.63) is 29.1 Å². The van der Waals surface area contributed by atoms with Crippen LogP contribution >= 0.6 is 0 Å². The second-order valence-corrected chi connectivity index (χ2v) is 7.20. The summed E-state index contributed by atoms with van der Waals surface area (Å²) in [5.41, 5.74) is 0.689. The molecule has 1 aromatic carbocycles. The summed E-state index contributed by atoms with van der Waals surface area (Å²) >= 11 is 0. The minimum absolute atomic E-state index is 0.144. The monoisotopic (exact) mass is 287 g/mol. The lowest BCUT2D eigenvalue weighted by atomic mass is 9.89. The van der Waals surface area contributed by atoms with Gasteiger partial charge in [-0.2, -0.15) is 0 Å². The molecule has 0 unspecified atom stereocenters. The summed E-state index contributed by atoms with van der Waals surface area (Å²) in [6.45, 7) is 6.58. The summed E-state index contributed by atoms with van der Waals surface area (Å²) in [5, 5.41) is 0. The SMILES string of the molecule is Cc1cc(F)cc(C)c1S(=O)(=O)NCC1(C)COC1. The highest BCUT2D eigenvalue weighted by Gasteiger charge is 2.35. The van der Waals surface area contributed by atoms with Gasteiger partial charge in [0.2, 0.25) is 10.0 Å². The van der Waals surface area contributed by atoms with Crippen LogP contribution < -0.4 is 4.72 Å². The zero-order valence-electron chi connectivity index (χ0n) is 11.3. The Morgan fingerprint density at radius 1 is 1.32 bits per heavy atom. The first kappa shape index (κ1) is 14.4. The Hall–Kier alpha value is -0.980. The number of hydrogen-bond acceptors (Lipinski definition) is 3. The van der Waals surface area contributed by atoms with Crippen LogP contribution in [0.3, 0.4) is 0 Å². The summed E-state index contributed by atoms with van der Waals surface area (Å²) in [7, 11) is -3.62. The standard InChI is InChI=1S/C13H18FNO3S/c1-9-4-11(14)5-10(2)12(9)19(16,17)15-6-13(3)7-18-8-13/h4-5,15H,6-8H2,1-3H3. The molecule has 6 heteroatoms. The van der Waals surface area contributed by atoms with E-state index in [1.165, 1.54) is 12.1 Å². The molecule has 0 aliphatic carbocycles. The summed E-state index contributed by atoms with van der Waals surface area (Å²) in [5.74, 6) is -0.423. The number of ether oxygens (including phenoxy) is 1. The van der Waals surface area contributed by atoms with Gasteiger partial charge in [-0.15, -0.1) is 0 Å². The largest absolute Gasteiger partial charge is 0.380 e. The molecule has 0 aromatic heterocycles. The van der Waals surface area contributed by atoms with Crippen molar-refractivity contribution in [2.75, 3.05) is 19.8 Å². The maximum absolute atomic E-state index is 13.2. The van der Waals surface area contributed by atoms with Gasteiger partial charge in [-0.1, -0.05) is 6.92 Å². The van der Waals surface area contributed by atoms with Crippen molar-refractivity contribution >= 4 is 10.0 Å². The number of aryl methyl sites for hydroxylation is 2. The molecule has 0 bridgehead atoms. The zero-order valence-corrected chi connectivity index (χ0v) is 12.1. The molecule has 106 valence electrons. The van der Waals surface area contributed by atoms with Crippen molar-refractivity contribution < 1.29 is 17.5 Å². The smallest absolute Gasteiger partial charge is 0.241 e. The molecule has 1 N–H and O–H groups in total. The molecule has 1 aliphatic heterocycles. The average Bonchev–Trinajstić information content (AvgIpc) is 2.22. The van der Waals surface area contributed by atoms with Gasteiger partial charge in [0.15, 0.2) is 0 Å². The van der Waals surface area contributed by atoms with Crippen LogP contribution in [0.15, 0.2) is 17.0 Å². The number of benzene rings is 1. The zero-order chi connectivity index (χ0) is 14.3. The van der Waals surface area contributed by atoms with Gasteiger partial charge < -0.3 is 4.74 Å². The van der Waals surface area contributed by atoms with Crippen LogP contribution in [0.2, 0.25) is 0 Å². The van der Waals surface area contributed by atoms with Crippen LogP contribution in [0.25, 0.3) is 0 Å². The van der Waals surface area contributed by atoms with Crippen molar-refractivity contribution in [3.63, 3.8) is 0 Å². The minimum Gasteiger partial charge on any atom is -0.380 e. The quantitative estimate of drug-likeness (QED) is 0.918. The molecule has 0 amide bonds. The fourth-order valence-electron chi connectivity index (χ4n) is 2.22. The second-order valence-electron chi connectivity index (χ2n) is 5.50. The number of halogens is 1. The molecule has 1 fully saturated rings. The number of hydrogen-bond donors (Lipinski definition) is 1. The van der Waals surface area contributed by atoms with Gasteiger partial charge in [-0.3, -0.25) is 0 Å². The van der Waals surface area contributed by atoms with E-state index in [0.717, 1.165) is 0 Å². The highest BCUT2D eigenvalue weighted by Crippen LogP contribution is 2.27. The van der Waals surface area contributed by atoms with E-state index in [2.05, 4.69) is 4.72 Å². The Labute approximate surface area is 113 Å². The first-order valence-electron chi connectivity index (χ1n) is 6.08. The van der Waals surface area contributed by atoms with Crippen molar-refractivity contribution in [1.29, 1.82) is 0 Å². The van der Waals surface area contributed by atoms with E-state index in [0.29, 0.717) is 30.9 Å². The first-order valence-corrected chi connectivity index (χ1v) is 7.56. The van der Waals surface area contributed by atoms with Crippen molar-refractivity contribution in [1.82, 2.24) is 4.72 Å². The molecule has 1 saturated heterocycles. The van der Waals surface area contributed by atoms with Crippen LogP contribution in [-0.4, -0.2) is 28.2 Å². The van der Waals surface area contributed by atoms with Crippen LogP contribution in [0.1, 0.15) is 18.1 Å². The number of sulfonamides is 1. The molecule has 2 rings (SSSR count). The third-order valence-electron chi connectivity index (χ3n) is 3.28. The first-order chi connectivity index (χ1) is 8.73. The maximum Gasteiger partial charge on any atom is 0.241 e. The molecule has 19 heavy (non-hydrogen) atoms. The van der Waals surface area contributed by atoms with E-state index in [4.69, 9.17) is 4.74 Å². The summed E-state index contributed by atoms with van der Waals surface area (Å²) in [4.78, 5) is 0.165. The summed E-state index contributed by atoms with van der Waals surface area (Å²) < 4.78 is 45.5. The van der Waals surface area contributed by atoms with Crippen LogP contribution in [0, 0.1) is 25.1 Å². The van der Waals surface area contributed by atoms with Crippen LogP contribution in [0.5, 0.6) is 0 Å². The predicted octanol–water partition coefficient (Wildman–Crippen LogP) is 1.76. The molecular formula is C13H18FNO3S. The van der Waals surface area contributed by atoms with Crippen LogP contribution in [0.4, 0.5) is 4.39 Å². The van der Waals surface area contributed by atoms with Gasteiger partial charge in [0, 0.05) is 12.0 Å². The van der Waals surface area contributed by atoms with E-state index in [1.807, 2.05) is 6.92 Å². The Balaban J connectivity index is 2.24. The van der Waals surface area contributed by atoms with E-state index in [9.17, 15) is 12.8 Å². The third kappa shape index (κ3) is 2.96.